The number of carbonyl (C=O) groups excluding carboxylic acids is 2. The summed E-state index contributed by atoms with van der Waals surface area (Å²) in [6.07, 6.45) is 0.635. The van der Waals surface area contributed by atoms with Crippen molar-refractivity contribution in [2.45, 2.75) is 46.2 Å². The molecule has 3 N–H and O–H groups in total. The average Bonchev–Trinajstić information content (AvgIpc) is 2.34. The van der Waals surface area contributed by atoms with Crippen LogP contribution in [0.5, 0.6) is 0 Å². The molecule has 0 spiro atoms. The summed E-state index contributed by atoms with van der Waals surface area (Å²) in [4.78, 5) is 35.4. The number of carboxylic acids is 1. The summed E-state index contributed by atoms with van der Waals surface area (Å²) < 4.78 is 0. The van der Waals surface area contributed by atoms with Gasteiger partial charge in [0, 0.05) is 12.6 Å². The largest absolute Gasteiger partial charge is 0.480 e. The summed E-state index contributed by atoms with van der Waals surface area (Å²) in [5, 5.41) is 13.9. The van der Waals surface area contributed by atoms with Gasteiger partial charge in [0.1, 0.15) is 12.6 Å². The lowest BCUT2D eigenvalue weighted by atomic mass is 10.2. The van der Waals surface area contributed by atoms with Gasteiger partial charge in [0.2, 0.25) is 5.91 Å². The summed E-state index contributed by atoms with van der Waals surface area (Å²) in [7, 11) is 0. The second-order valence-corrected chi connectivity index (χ2v) is 4.34. The van der Waals surface area contributed by atoms with E-state index in [0.717, 1.165) is 0 Å². The second-order valence-electron chi connectivity index (χ2n) is 4.34. The van der Waals surface area contributed by atoms with Crippen molar-refractivity contribution in [2.24, 2.45) is 0 Å². The van der Waals surface area contributed by atoms with Crippen molar-refractivity contribution in [3.63, 3.8) is 0 Å². The minimum absolute atomic E-state index is 0.211. The highest BCUT2D eigenvalue weighted by molar-refractivity contribution is 5.87. The molecule has 3 amide bonds. The van der Waals surface area contributed by atoms with Gasteiger partial charge in [-0.3, -0.25) is 9.59 Å². The molecule has 0 radical (unpaired) electrons. The van der Waals surface area contributed by atoms with Crippen LogP contribution in [-0.4, -0.2) is 53.1 Å². The summed E-state index contributed by atoms with van der Waals surface area (Å²) in [5.74, 6) is -1.38. The van der Waals surface area contributed by atoms with Crippen LogP contribution in [0.1, 0.15) is 34.1 Å². The van der Waals surface area contributed by atoms with Gasteiger partial charge in [0.05, 0.1) is 0 Å². The minimum atomic E-state index is -1.08. The van der Waals surface area contributed by atoms with E-state index >= 15 is 0 Å². The van der Waals surface area contributed by atoms with Gasteiger partial charge in [-0.2, -0.15) is 0 Å². The first-order chi connectivity index (χ1) is 8.83. The number of hydrogen-bond donors (Lipinski definition) is 3. The van der Waals surface area contributed by atoms with Crippen LogP contribution >= 0.6 is 0 Å². The number of hydrogen-bond acceptors (Lipinski definition) is 3. The number of nitrogens with zero attached hydrogens (tertiary/aromatic N) is 1. The molecule has 0 saturated heterocycles. The predicted molar refractivity (Wildman–Crippen MR) is 70.8 cm³/mol. The SMILES string of the molecule is CCNC(=O)C(C)NC(=O)N(CC(=O)O)C(C)CC. The lowest BCUT2D eigenvalue weighted by Crippen LogP contribution is -2.53. The highest BCUT2D eigenvalue weighted by Gasteiger charge is 2.24. The predicted octanol–water partition coefficient (Wildman–Crippen LogP) is 0.406. The van der Waals surface area contributed by atoms with Crippen molar-refractivity contribution < 1.29 is 19.5 Å². The maximum Gasteiger partial charge on any atom is 0.323 e. The first-order valence-electron chi connectivity index (χ1n) is 6.40. The second kappa shape index (κ2) is 8.34. The molecule has 0 aromatic carbocycles. The number of carbonyl (C=O) groups is 3. The molecule has 0 heterocycles. The molecule has 0 bridgehead atoms. The number of rotatable bonds is 7. The van der Waals surface area contributed by atoms with Crippen LogP contribution in [0.25, 0.3) is 0 Å². The summed E-state index contributed by atoms with van der Waals surface area (Å²) in [6, 6.07) is -1.46. The highest BCUT2D eigenvalue weighted by Crippen LogP contribution is 2.04. The topological polar surface area (TPSA) is 98.7 Å². The maximum atomic E-state index is 12.0. The number of urea groups is 1. The first-order valence-corrected chi connectivity index (χ1v) is 6.40. The van der Waals surface area contributed by atoms with Gasteiger partial charge < -0.3 is 20.6 Å². The standard InChI is InChI=1S/C12H23N3O4/c1-5-8(3)15(7-10(16)17)12(19)14-9(4)11(18)13-6-2/h8-9H,5-7H2,1-4H3,(H,13,18)(H,14,19)(H,16,17). The van der Waals surface area contributed by atoms with E-state index in [1.807, 2.05) is 6.92 Å². The van der Waals surface area contributed by atoms with E-state index in [9.17, 15) is 14.4 Å². The Bertz CT molecular complexity index is 333. The molecular formula is C12H23N3O4. The summed E-state index contributed by atoms with van der Waals surface area (Å²) >= 11 is 0. The van der Waals surface area contributed by atoms with Crippen LogP contribution in [0.3, 0.4) is 0 Å². The van der Waals surface area contributed by atoms with Crippen molar-refractivity contribution in [1.29, 1.82) is 0 Å². The monoisotopic (exact) mass is 273 g/mol. The Morgan fingerprint density at radius 1 is 1.21 bits per heavy atom. The van der Waals surface area contributed by atoms with E-state index in [1.165, 1.54) is 4.90 Å². The zero-order chi connectivity index (χ0) is 15.0. The molecule has 0 rings (SSSR count). The van der Waals surface area contributed by atoms with E-state index in [1.54, 1.807) is 20.8 Å². The Labute approximate surface area is 113 Å². The Morgan fingerprint density at radius 3 is 2.21 bits per heavy atom. The van der Waals surface area contributed by atoms with Gasteiger partial charge in [-0.15, -0.1) is 0 Å². The van der Waals surface area contributed by atoms with Crippen molar-refractivity contribution in [3.8, 4) is 0 Å². The van der Waals surface area contributed by atoms with Crippen LogP contribution in [0, 0.1) is 0 Å². The van der Waals surface area contributed by atoms with Crippen LogP contribution < -0.4 is 10.6 Å². The van der Waals surface area contributed by atoms with Crippen molar-refractivity contribution in [1.82, 2.24) is 15.5 Å². The zero-order valence-corrected chi connectivity index (χ0v) is 11.9. The molecule has 0 aliphatic carbocycles. The molecule has 7 nitrogen and oxygen atoms in total. The van der Waals surface area contributed by atoms with Gasteiger partial charge in [-0.05, 0) is 27.2 Å². The van der Waals surface area contributed by atoms with Gasteiger partial charge in [0.25, 0.3) is 0 Å². The quantitative estimate of drug-likeness (QED) is 0.625. The lowest BCUT2D eigenvalue weighted by molar-refractivity contribution is -0.138. The normalized spacial score (nSPS) is 13.3. The Hall–Kier alpha value is -1.79. The summed E-state index contributed by atoms with van der Waals surface area (Å²) in [6.45, 7) is 7.05. The van der Waals surface area contributed by atoms with E-state index in [4.69, 9.17) is 5.11 Å². The third-order valence-electron chi connectivity index (χ3n) is 2.77. The van der Waals surface area contributed by atoms with Crippen LogP contribution in [-0.2, 0) is 9.59 Å². The van der Waals surface area contributed by atoms with Gasteiger partial charge in [-0.25, -0.2) is 4.79 Å². The summed E-state index contributed by atoms with van der Waals surface area (Å²) in [5.41, 5.74) is 0. The third-order valence-corrected chi connectivity index (χ3v) is 2.77. The smallest absolute Gasteiger partial charge is 0.323 e. The van der Waals surface area contributed by atoms with Crippen LogP contribution in [0.4, 0.5) is 4.79 Å². The molecule has 0 aliphatic rings. The molecule has 7 heteroatoms. The van der Waals surface area contributed by atoms with Gasteiger partial charge in [-0.1, -0.05) is 6.92 Å². The fourth-order valence-corrected chi connectivity index (χ4v) is 1.45. The Balaban J connectivity index is 4.63. The zero-order valence-electron chi connectivity index (χ0n) is 11.9. The van der Waals surface area contributed by atoms with Crippen molar-refractivity contribution in [3.05, 3.63) is 0 Å². The third kappa shape index (κ3) is 6.08. The number of carboxylic acid groups (broad SMARTS) is 1. The van der Waals surface area contributed by atoms with Crippen molar-refractivity contribution >= 4 is 17.9 Å². The number of likely N-dealkylation sites (N-methyl/N-ethyl adjacent to an activating group) is 1. The van der Waals surface area contributed by atoms with Crippen molar-refractivity contribution in [2.75, 3.05) is 13.1 Å². The van der Waals surface area contributed by atoms with E-state index in [-0.39, 0.29) is 18.5 Å². The van der Waals surface area contributed by atoms with E-state index in [2.05, 4.69) is 10.6 Å². The fraction of sp³-hybridized carbons (Fsp3) is 0.750. The average molecular weight is 273 g/mol. The van der Waals surface area contributed by atoms with Crippen LogP contribution in [0.15, 0.2) is 0 Å². The molecule has 0 saturated carbocycles. The number of aliphatic carboxylic acids is 1. The number of amides is 3. The minimum Gasteiger partial charge on any atom is -0.480 e. The molecule has 110 valence electrons. The van der Waals surface area contributed by atoms with Gasteiger partial charge in [0.15, 0.2) is 0 Å². The molecule has 0 aromatic rings. The molecule has 2 atom stereocenters. The molecule has 0 fully saturated rings. The maximum absolute atomic E-state index is 12.0. The Kier molecular flexibility index (Phi) is 7.55. The van der Waals surface area contributed by atoms with Gasteiger partial charge >= 0.3 is 12.0 Å². The molecular weight excluding hydrogens is 250 g/mol. The van der Waals surface area contributed by atoms with E-state index < -0.39 is 18.0 Å². The first kappa shape index (κ1) is 17.2. The molecule has 0 aliphatic heterocycles. The fourth-order valence-electron chi connectivity index (χ4n) is 1.45. The lowest BCUT2D eigenvalue weighted by Gasteiger charge is -2.28. The molecule has 19 heavy (non-hydrogen) atoms. The molecule has 2 unspecified atom stereocenters. The highest BCUT2D eigenvalue weighted by atomic mass is 16.4. The van der Waals surface area contributed by atoms with Crippen LogP contribution in [0.2, 0.25) is 0 Å². The number of nitrogens with one attached hydrogen (secondary N) is 2. The van der Waals surface area contributed by atoms with E-state index in [0.29, 0.717) is 13.0 Å². The molecule has 0 aromatic heterocycles. The Morgan fingerprint density at radius 2 is 1.79 bits per heavy atom.